The van der Waals surface area contributed by atoms with Crippen LogP contribution in [0.2, 0.25) is 0 Å². The first kappa shape index (κ1) is 19.9. The molecule has 0 bridgehead atoms. The van der Waals surface area contributed by atoms with Crippen LogP contribution in [0.1, 0.15) is 5.56 Å². The largest absolute Gasteiger partial charge is 0.325 e. The van der Waals surface area contributed by atoms with Gasteiger partial charge in [0.15, 0.2) is 11.0 Å². The number of hydrogen-bond acceptors (Lipinski definition) is 4. The highest BCUT2D eigenvalue weighted by atomic mass is 32.2. The summed E-state index contributed by atoms with van der Waals surface area (Å²) in [7, 11) is 0. The summed E-state index contributed by atoms with van der Waals surface area (Å²) in [6.45, 7) is 6.47. The van der Waals surface area contributed by atoms with E-state index in [4.69, 9.17) is 0 Å². The molecule has 0 saturated carbocycles. The fourth-order valence-electron chi connectivity index (χ4n) is 3.31. The average molecular weight is 415 g/mol. The third kappa shape index (κ3) is 4.28. The summed E-state index contributed by atoms with van der Waals surface area (Å²) in [5, 5.41) is 14.6. The van der Waals surface area contributed by atoms with E-state index >= 15 is 0 Å². The summed E-state index contributed by atoms with van der Waals surface area (Å²) in [6, 6.07) is 22.0. The van der Waals surface area contributed by atoms with Gasteiger partial charge in [-0.05, 0) is 35.4 Å². The highest BCUT2D eigenvalue weighted by Crippen LogP contribution is 2.26. The second-order valence-corrected chi connectivity index (χ2v) is 7.86. The van der Waals surface area contributed by atoms with Crippen molar-refractivity contribution < 1.29 is 4.79 Å². The monoisotopic (exact) mass is 414 g/mol. The summed E-state index contributed by atoms with van der Waals surface area (Å²) in [5.74, 6) is 0.946. The Balaban J connectivity index is 1.48. The van der Waals surface area contributed by atoms with E-state index in [9.17, 15) is 4.79 Å². The molecule has 1 aromatic heterocycles. The molecule has 0 saturated heterocycles. The van der Waals surface area contributed by atoms with Crippen LogP contribution >= 0.6 is 11.8 Å². The Morgan fingerprint density at radius 3 is 2.63 bits per heavy atom. The number of nitrogens with zero attached hydrogens (tertiary/aromatic N) is 3. The maximum Gasteiger partial charge on any atom is 0.234 e. The number of allylic oxidation sites excluding steroid dienone is 1. The van der Waals surface area contributed by atoms with Gasteiger partial charge in [-0.15, -0.1) is 16.8 Å². The lowest BCUT2D eigenvalue weighted by Gasteiger charge is -2.10. The number of hydrogen-bond donors (Lipinski definition) is 1. The molecule has 5 nitrogen and oxygen atoms in total. The molecule has 0 fully saturated rings. The molecule has 0 atom stereocenters. The zero-order valence-corrected chi connectivity index (χ0v) is 17.5. The lowest BCUT2D eigenvalue weighted by Crippen LogP contribution is -2.14. The lowest BCUT2D eigenvalue weighted by molar-refractivity contribution is -0.113. The first-order chi connectivity index (χ1) is 14.7. The smallest absolute Gasteiger partial charge is 0.234 e. The Morgan fingerprint density at radius 2 is 1.83 bits per heavy atom. The highest BCUT2D eigenvalue weighted by molar-refractivity contribution is 7.99. The maximum atomic E-state index is 12.5. The highest BCUT2D eigenvalue weighted by Gasteiger charge is 2.16. The molecule has 4 aromatic rings. The molecule has 0 aliphatic heterocycles. The summed E-state index contributed by atoms with van der Waals surface area (Å²) in [4.78, 5) is 12.5. The number of anilines is 1. The first-order valence-electron chi connectivity index (χ1n) is 9.67. The van der Waals surface area contributed by atoms with Crippen LogP contribution in [0.3, 0.4) is 0 Å². The van der Waals surface area contributed by atoms with Crippen LogP contribution in [0.15, 0.2) is 84.5 Å². The van der Waals surface area contributed by atoms with Gasteiger partial charge in [0, 0.05) is 17.8 Å². The molecule has 3 aromatic carbocycles. The van der Waals surface area contributed by atoms with Gasteiger partial charge in [-0.2, -0.15) is 0 Å². The number of carbonyl (C=O) groups excluding carboxylic acids is 1. The van der Waals surface area contributed by atoms with Crippen molar-refractivity contribution in [3.63, 3.8) is 0 Å². The molecule has 0 spiro atoms. The van der Waals surface area contributed by atoms with Crippen LogP contribution in [-0.2, 0) is 11.3 Å². The summed E-state index contributed by atoms with van der Waals surface area (Å²) >= 11 is 1.37. The molecule has 150 valence electrons. The number of thioether (sulfide) groups is 1. The molecule has 1 N–H and O–H groups in total. The Kier molecular flexibility index (Phi) is 5.95. The normalized spacial score (nSPS) is 10.8. The van der Waals surface area contributed by atoms with E-state index in [1.165, 1.54) is 11.8 Å². The van der Waals surface area contributed by atoms with Gasteiger partial charge in [-0.3, -0.25) is 9.36 Å². The predicted octanol–water partition coefficient (Wildman–Crippen LogP) is 5.32. The molecule has 30 heavy (non-hydrogen) atoms. The molecule has 0 radical (unpaired) electrons. The second kappa shape index (κ2) is 8.97. The van der Waals surface area contributed by atoms with Gasteiger partial charge in [-0.1, -0.05) is 72.4 Å². The minimum absolute atomic E-state index is 0.0825. The van der Waals surface area contributed by atoms with Crippen LogP contribution in [-0.4, -0.2) is 26.4 Å². The van der Waals surface area contributed by atoms with E-state index in [0.29, 0.717) is 11.7 Å². The molecule has 0 unspecified atom stereocenters. The van der Waals surface area contributed by atoms with Crippen LogP contribution in [0.4, 0.5) is 5.69 Å². The molecular formula is C24H22N4OS. The standard InChI is InChI=1S/C24H22N4OS/c1-3-14-28-23(21-11-7-4-8-17(21)2)26-27-24(28)30-16-22(29)25-20-13-12-18-9-5-6-10-19(18)15-20/h3-13,15H,1,14,16H2,2H3,(H,25,29). The van der Waals surface area contributed by atoms with Gasteiger partial charge in [0.05, 0.1) is 5.75 Å². The number of benzene rings is 3. The van der Waals surface area contributed by atoms with E-state index in [1.54, 1.807) is 0 Å². The van der Waals surface area contributed by atoms with Crippen molar-refractivity contribution in [2.75, 3.05) is 11.1 Å². The Bertz CT molecular complexity index is 1210. The quantitative estimate of drug-likeness (QED) is 0.328. The summed E-state index contributed by atoms with van der Waals surface area (Å²) in [5.41, 5.74) is 2.94. The van der Waals surface area contributed by atoms with Gasteiger partial charge in [0.2, 0.25) is 5.91 Å². The van der Waals surface area contributed by atoms with E-state index < -0.39 is 0 Å². The van der Waals surface area contributed by atoms with E-state index in [2.05, 4.69) is 28.2 Å². The third-order valence-electron chi connectivity index (χ3n) is 4.78. The molecule has 4 rings (SSSR count). The molecule has 1 amide bonds. The van der Waals surface area contributed by atoms with Crippen LogP contribution < -0.4 is 5.32 Å². The zero-order valence-electron chi connectivity index (χ0n) is 16.7. The molecule has 0 aliphatic carbocycles. The first-order valence-corrected chi connectivity index (χ1v) is 10.7. The van der Waals surface area contributed by atoms with Crippen molar-refractivity contribution in [2.45, 2.75) is 18.6 Å². The van der Waals surface area contributed by atoms with Gasteiger partial charge < -0.3 is 5.32 Å². The van der Waals surface area contributed by atoms with Crippen molar-refractivity contribution in [1.82, 2.24) is 14.8 Å². The lowest BCUT2D eigenvalue weighted by atomic mass is 10.1. The SMILES string of the molecule is C=CCn1c(SCC(=O)Nc2ccc3ccccc3c2)nnc1-c1ccccc1C. The summed E-state index contributed by atoms with van der Waals surface area (Å²) < 4.78 is 1.99. The number of fused-ring (bicyclic) bond motifs is 1. The summed E-state index contributed by atoms with van der Waals surface area (Å²) in [6.07, 6.45) is 1.81. The van der Waals surface area contributed by atoms with Crippen molar-refractivity contribution in [1.29, 1.82) is 0 Å². The number of amides is 1. The second-order valence-electron chi connectivity index (χ2n) is 6.92. The van der Waals surface area contributed by atoms with Gasteiger partial charge >= 0.3 is 0 Å². The van der Waals surface area contributed by atoms with Crippen molar-refractivity contribution in [3.8, 4) is 11.4 Å². The van der Waals surface area contributed by atoms with Crippen molar-refractivity contribution >= 4 is 34.1 Å². The fraction of sp³-hybridized carbons (Fsp3) is 0.125. The zero-order chi connectivity index (χ0) is 20.9. The predicted molar refractivity (Wildman–Crippen MR) is 124 cm³/mol. The van der Waals surface area contributed by atoms with Gasteiger partial charge in [-0.25, -0.2) is 0 Å². The van der Waals surface area contributed by atoms with Crippen LogP contribution in [0.5, 0.6) is 0 Å². The van der Waals surface area contributed by atoms with Crippen molar-refractivity contribution in [3.05, 3.63) is 84.9 Å². The number of rotatable bonds is 7. The molecular weight excluding hydrogens is 392 g/mol. The fourth-order valence-corrected chi connectivity index (χ4v) is 4.05. The molecule has 6 heteroatoms. The number of aryl methyl sites for hydroxylation is 1. The van der Waals surface area contributed by atoms with Crippen LogP contribution in [0.25, 0.3) is 22.2 Å². The van der Waals surface area contributed by atoms with E-state index in [1.807, 2.05) is 78.2 Å². The third-order valence-corrected chi connectivity index (χ3v) is 5.75. The Morgan fingerprint density at radius 1 is 1.07 bits per heavy atom. The maximum absolute atomic E-state index is 12.5. The molecule has 0 aliphatic rings. The van der Waals surface area contributed by atoms with Gasteiger partial charge in [0.25, 0.3) is 0 Å². The van der Waals surface area contributed by atoms with Crippen LogP contribution in [0, 0.1) is 6.92 Å². The average Bonchev–Trinajstić information content (AvgIpc) is 3.15. The number of carbonyl (C=O) groups is 1. The molecule has 1 heterocycles. The number of aromatic nitrogens is 3. The van der Waals surface area contributed by atoms with Gasteiger partial charge in [0.1, 0.15) is 0 Å². The van der Waals surface area contributed by atoms with E-state index in [0.717, 1.165) is 33.4 Å². The Labute approximate surface area is 179 Å². The van der Waals surface area contributed by atoms with Crippen molar-refractivity contribution in [2.24, 2.45) is 0 Å². The topological polar surface area (TPSA) is 59.8 Å². The minimum Gasteiger partial charge on any atom is -0.325 e. The minimum atomic E-state index is -0.0825. The number of nitrogens with one attached hydrogen (secondary N) is 1. The van der Waals surface area contributed by atoms with E-state index in [-0.39, 0.29) is 11.7 Å². The Hall–Kier alpha value is -3.38.